The molecule has 0 saturated heterocycles. The van der Waals surface area contributed by atoms with E-state index >= 15 is 0 Å². The molecule has 0 aliphatic heterocycles. The maximum absolute atomic E-state index is 12.3. The van der Waals surface area contributed by atoms with E-state index in [1.807, 2.05) is 36.6 Å². The summed E-state index contributed by atoms with van der Waals surface area (Å²) in [6.45, 7) is 0. The Hall–Kier alpha value is -2.06. The zero-order chi connectivity index (χ0) is 17.4. The van der Waals surface area contributed by atoms with Crippen molar-refractivity contribution >= 4 is 40.2 Å². The Labute approximate surface area is 149 Å². The third-order valence-electron chi connectivity index (χ3n) is 3.25. The van der Waals surface area contributed by atoms with Crippen molar-refractivity contribution in [1.29, 1.82) is 0 Å². The van der Waals surface area contributed by atoms with Gasteiger partial charge in [0.1, 0.15) is 6.04 Å². The summed E-state index contributed by atoms with van der Waals surface area (Å²) >= 11 is 3.02. The lowest BCUT2D eigenvalue weighted by molar-refractivity contribution is -0.117. The van der Waals surface area contributed by atoms with Crippen molar-refractivity contribution in [2.45, 2.75) is 18.9 Å². The van der Waals surface area contributed by atoms with Gasteiger partial charge in [0.25, 0.3) is 0 Å². The number of thioether (sulfide) groups is 1. The van der Waals surface area contributed by atoms with E-state index in [9.17, 15) is 9.59 Å². The molecule has 128 valence electrons. The first-order valence-electron chi connectivity index (χ1n) is 7.43. The summed E-state index contributed by atoms with van der Waals surface area (Å²) in [7, 11) is 0. The Morgan fingerprint density at radius 2 is 2.08 bits per heavy atom. The molecule has 0 fully saturated rings. The van der Waals surface area contributed by atoms with Crippen LogP contribution >= 0.6 is 23.1 Å². The summed E-state index contributed by atoms with van der Waals surface area (Å²) in [5.74, 6) is 0.443. The van der Waals surface area contributed by atoms with E-state index in [1.54, 1.807) is 18.0 Å². The van der Waals surface area contributed by atoms with Crippen LogP contribution < -0.4 is 16.4 Å². The van der Waals surface area contributed by atoms with E-state index in [0.717, 1.165) is 17.1 Å². The summed E-state index contributed by atoms with van der Waals surface area (Å²) in [5.41, 5.74) is 6.32. The number of benzene rings is 1. The molecule has 24 heavy (non-hydrogen) atoms. The number of hydrogen-bond donors (Lipinski definition) is 3. The number of anilines is 1. The molecular formula is C16H20N4O2S2. The van der Waals surface area contributed by atoms with Gasteiger partial charge in [-0.2, -0.15) is 11.8 Å². The van der Waals surface area contributed by atoms with E-state index < -0.39 is 12.1 Å². The van der Waals surface area contributed by atoms with E-state index in [4.69, 9.17) is 5.73 Å². The van der Waals surface area contributed by atoms with Crippen molar-refractivity contribution in [3.63, 3.8) is 0 Å². The minimum Gasteiger partial charge on any atom is -0.352 e. The molecule has 0 aliphatic rings. The summed E-state index contributed by atoms with van der Waals surface area (Å²) in [6, 6.07) is 8.69. The SMILES string of the molecule is CSCCC(NC(N)=O)C(=O)Nc1ncc(Cc2ccccc2)s1. The highest BCUT2D eigenvalue weighted by Crippen LogP contribution is 2.21. The fourth-order valence-electron chi connectivity index (χ4n) is 2.11. The van der Waals surface area contributed by atoms with Gasteiger partial charge in [-0.05, 0) is 24.0 Å². The fraction of sp³-hybridized carbons (Fsp3) is 0.312. The number of aromatic nitrogens is 1. The molecule has 0 bridgehead atoms. The van der Waals surface area contributed by atoms with E-state index in [0.29, 0.717) is 11.6 Å². The molecule has 3 amide bonds. The highest BCUT2D eigenvalue weighted by Gasteiger charge is 2.20. The minimum absolute atomic E-state index is 0.302. The second-order valence-electron chi connectivity index (χ2n) is 5.13. The van der Waals surface area contributed by atoms with Crippen LogP contribution in [-0.2, 0) is 11.2 Å². The van der Waals surface area contributed by atoms with Crippen LogP contribution in [0.2, 0.25) is 0 Å². The van der Waals surface area contributed by atoms with Gasteiger partial charge in [0, 0.05) is 17.5 Å². The number of primary amides is 1. The minimum atomic E-state index is -0.708. The number of carbonyl (C=O) groups is 2. The predicted molar refractivity (Wildman–Crippen MR) is 99.5 cm³/mol. The number of nitrogens with two attached hydrogens (primary N) is 1. The average Bonchev–Trinajstić information content (AvgIpc) is 2.99. The van der Waals surface area contributed by atoms with Gasteiger partial charge in [-0.15, -0.1) is 11.3 Å². The van der Waals surface area contributed by atoms with Crippen LogP contribution in [0.4, 0.5) is 9.93 Å². The van der Waals surface area contributed by atoms with Crippen LogP contribution in [0.3, 0.4) is 0 Å². The van der Waals surface area contributed by atoms with Gasteiger partial charge in [0.15, 0.2) is 5.13 Å². The number of thiazole rings is 1. The molecule has 4 N–H and O–H groups in total. The smallest absolute Gasteiger partial charge is 0.312 e. The number of hydrogen-bond acceptors (Lipinski definition) is 5. The molecule has 1 aromatic carbocycles. The maximum Gasteiger partial charge on any atom is 0.312 e. The van der Waals surface area contributed by atoms with Gasteiger partial charge in [-0.1, -0.05) is 30.3 Å². The lowest BCUT2D eigenvalue weighted by Crippen LogP contribution is -2.46. The Bertz CT molecular complexity index is 676. The molecular weight excluding hydrogens is 344 g/mol. The monoisotopic (exact) mass is 364 g/mol. The molecule has 2 rings (SSSR count). The lowest BCUT2D eigenvalue weighted by atomic mass is 10.1. The molecule has 0 spiro atoms. The van der Waals surface area contributed by atoms with Crippen LogP contribution in [-0.4, -0.2) is 35.0 Å². The van der Waals surface area contributed by atoms with Crippen molar-refractivity contribution in [3.05, 3.63) is 47.0 Å². The zero-order valence-corrected chi connectivity index (χ0v) is 15.0. The molecule has 0 radical (unpaired) electrons. The number of rotatable bonds is 8. The number of amides is 3. The predicted octanol–water partition coefficient (Wildman–Crippen LogP) is 2.46. The molecule has 1 unspecified atom stereocenters. The normalized spacial score (nSPS) is 11.7. The maximum atomic E-state index is 12.3. The van der Waals surface area contributed by atoms with Crippen LogP contribution in [0.15, 0.2) is 36.5 Å². The van der Waals surface area contributed by atoms with Crippen molar-refractivity contribution in [3.8, 4) is 0 Å². The second-order valence-corrected chi connectivity index (χ2v) is 7.23. The first-order valence-corrected chi connectivity index (χ1v) is 9.64. The van der Waals surface area contributed by atoms with Gasteiger partial charge in [-0.25, -0.2) is 9.78 Å². The van der Waals surface area contributed by atoms with Gasteiger partial charge in [0.05, 0.1) is 0 Å². The van der Waals surface area contributed by atoms with Crippen LogP contribution in [0.1, 0.15) is 16.9 Å². The first kappa shape index (κ1) is 18.3. The molecule has 1 aromatic heterocycles. The Morgan fingerprint density at radius 3 is 2.75 bits per heavy atom. The first-order chi connectivity index (χ1) is 11.6. The van der Waals surface area contributed by atoms with Gasteiger partial charge in [-0.3, -0.25) is 4.79 Å². The van der Waals surface area contributed by atoms with Crippen LogP contribution in [0, 0.1) is 0 Å². The quantitative estimate of drug-likeness (QED) is 0.670. The summed E-state index contributed by atoms with van der Waals surface area (Å²) in [6.07, 6.45) is 4.98. The summed E-state index contributed by atoms with van der Waals surface area (Å²) in [4.78, 5) is 28.6. The number of urea groups is 1. The highest BCUT2D eigenvalue weighted by atomic mass is 32.2. The molecule has 2 aromatic rings. The average molecular weight is 364 g/mol. The third-order valence-corrected chi connectivity index (χ3v) is 4.81. The van der Waals surface area contributed by atoms with Gasteiger partial charge >= 0.3 is 6.03 Å². The van der Waals surface area contributed by atoms with Gasteiger partial charge < -0.3 is 16.4 Å². The Morgan fingerprint density at radius 1 is 1.33 bits per heavy atom. The lowest BCUT2D eigenvalue weighted by Gasteiger charge is -2.15. The number of carbonyl (C=O) groups excluding carboxylic acids is 2. The largest absolute Gasteiger partial charge is 0.352 e. The van der Waals surface area contributed by atoms with E-state index in [2.05, 4.69) is 15.6 Å². The van der Waals surface area contributed by atoms with Crippen LogP contribution in [0.5, 0.6) is 0 Å². The zero-order valence-electron chi connectivity index (χ0n) is 13.3. The standard InChI is InChI=1S/C16H20N4O2S2/c1-23-8-7-13(19-15(17)22)14(21)20-16-18-10-12(24-16)9-11-5-3-2-4-6-11/h2-6,10,13H,7-9H2,1H3,(H3,17,19,22)(H,18,20,21). The summed E-state index contributed by atoms with van der Waals surface area (Å²) in [5, 5.41) is 5.74. The topological polar surface area (TPSA) is 97.1 Å². The molecule has 1 heterocycles. The van der Waals surface area contributed by atoms with Crippen molar-refractivity contribution in [2.75, 3.05) is 17.3 Å². The Balaban J connectivity index is 1.96. The van der Waals surface area contributed by atoms with Crippen molar-refractivity contribution < 1.29 is 9.59 Å². The molecule has 6 nitrogen and oxygen atoms in total. The highest BCUT2D eigenvalue weighted by molar-refractivity contribution is 7.98. The van der Waals surface area contributed by atoms with E-state index in [-0.39, 0.29) is 5.91 Å². The van der Waals surface area contributed by atoms with Crippen molar-refractivity contribution in [2.24, 2.45) is 5.73 Å². The number of nitrogens with zero attached hydrogens (tertiary/aromatic N) is 1. The molecule has 0 saturated carbocycles. The Kier molecular flexibility index (Phi) is 7.07. The second kappa shape index (κ2) is 9.29. The number of nitrogens with one attached hydrogen (secondary N) is 2. The van der Waals surface area contributed by atoms with Gasteiger partial charge in [0.2, 0.25) is 5.91 Å². The molecule has 0 aliphatic carbocycles. The van der Waals surface area contributed by atoms with Crippen LogP contribution in [0.25, 0.3) is 0 Å². The molecule has 1 atom stereocenters. The summed E-state index contributed by atoms with van der Waals surface area (Å²) < 4.78 is 0. The molecule has 8 heteroatoms. The fourth-order valence-corrected chi connectivity index (χ4v) is 3.43. The van der Waals surface area contributed by atoms with E-state index in [1.165, 1.54) is 16.9 Å². The third kappa shape index (κ3) is 5.86. The van der Waals surface area contributed by atoms with Crippen molar-refractivity contribution in [1.82, 2.24) is 10.3 Å².